The molecule has 25 heavy (non-hydrogen) atoms. The Hall–Kier alpha value is -2.76. The Morgan fingerprint density at radius 3 is 2.72 bits per heavy atom. The molecule has 6 heteroatoms. The molecule has 3 nitrogen and oxygen atoms in total. The van der Waals surface area contributed by atoms with E-state index in [-0.39, 0.29) is 17.4 Å². The second-order valence-electron chi connectivity index (χ2n) is 6.31. The maximum atomic E-state index is 13.5. The van der Waals surface area contributed by atoms with Gasteiger partial charge in [0.1, 0.15) is 5.82 Å². The maximum absolute atomic E-state index is 13.5. The van der Waals surface area contributed by atoms with Crippen LogP contribution in [0.3, 0.4) is 0 Å². The normalized spacial score (nSPS) is 16.7. The van der Waals surface area contributed by atoms with Crippen molar-refractivity contribution < 1.29 is 18.0 Å². The number of hydrogen-bond donors (Lipinski definition) is 2. The first kappa shape index (κ1) is 15.7. The first-order valence-electron chi connectivity index (χ1n) is 8.06. The fourth-order valence-electron chi connectivity index (χ4n) is 3.42. The Morgan fingerprint density at radius 2 is 1.92 bits per heavy atom. The molecular weight excluding hydrogens is 329 g/mol. The molecule has 4 rings (SSSR count). The summed E-state index contributed by atoms with van der Waals surface area (Å²) in [5, 5.41) is 3.68. The minimum atomic E-state index is -1.05. The Bertz CT molecular complexity index is 980. The third-order valence-electron chi connectivity index (χ3n) is 4.67. The molecule has 1 amide bonds. The standard InChI is InChI=1S/C19H15F3N2O/c20-11-2-5-17-13(8-11)14-9-12(3-6-18(14)24-17)23-19(25)10-1-4-15(21)16(22)7-10/h1-2,4-5,7-8,12,24H,3,6,9H2,(H,23,25). The molecule has 0 bridgehead atoms. The topological polar surface area (TPSA) is 44.9 Å². The van der Waals surface area contributed by atoms with E-state index in [9.17, 15) is 18.0 Å². The number of benzene rings is 2. The summed E-state index contributed by atoms with van der Waals surface area (Å²) in [7, 11) is 0. The molecule has 3 aromatic rings. The number of amides is 1. The molecule has 1 heterocycles. The summed E-state index contributed by atoms with van der Waals surface area (Å²) in [6.45, 7) is 0. The largest absolute Gasteiger partial charge is 0.358 e. The van der Waals surface area contributed by atoms with Crippen LogP contribution in [0.5, 0.6) is 0 Å². The second-order valence-corrected chi connectivity index (χ2v) is 6.31. The molecule has 1 aliphatic rings. The van der Waals surface area contributed by atoms with Crippen molar-refractivity contribution in [2.45, 2.75) is 25.3 Å². The van der Waals surface area contributed by atoms with Crippen LogP contribution in [0, 0.1) is 17.5 Å². The van der Waals surface area contributed by atoms with E-state index in [1.54, 1.807) is 6.07 Å². The van der Waals surface area contributed by atoms with Gasteiger partial charge in [0.05, 0.1) is 0 Å². The van der Waals surface area contributed by atoms with Crippen molar-refractivity contribution in [3.05, 3.63) is 70.7 Å². The quantitative estimate of drug-likeness (QED) is 0.728. The van der Waals surface area contributed by atoms with Gasteiger partial charge < -0.3 is 10.3 Å². The molecule has 0 spiro atoms. The molecule has 0 saturated carbocycles. The lowest BCUT2D eigenvalue weighted by atomic mass is 9.91. The number of H-pyrrole nitrogens is 1. The van der Waals surface area contributed by atoms with E-state index in [0.717, 1.165) is 47.1 Å². The van der Waals surface area contributed by atoms with E-state index in [1.165, 1.54) is 18.2 Å². The third kappa shape index (κ3) is 2.88. The zero-order chi connectivity index (χ0) is 17.6. The van der Waals surface area contributed by atoms with Crippen molar-refractivity contribution in [3.63, 3.8) is 0 Å². The average molecular weight is 344 g/mol. The van der Waals surface area contributed by atoms with Gasteiger partial charge in [0, 0.05) is 28.2 Å². The lowest BCUT2D eigenvalue weighted by Crippen LogP contribution is -2.38. The van der Waals surface area contributed by atoms with Crippen LogP contribution in [-0.2, 0) is 12.8 Å². The smallest absolute Gasteiger partial charge is 0.251 e. The van der Waals surface area contributed by atoms with Gasteiger partial charge in [-0.2, -0.15) is 0 Å². The molecule has 2 aromatic carbocycles. The van der Waals surface area contributed by atoms with Crippen LogP contribution in [0.15, 0.2) is 36.4 Å². The highest BCUT2D eigenvalue weighted by Crippen LogP contribution is 2.29. The van der Waals surface area contributed by atoms with Gasteiger partial charge in [0.25, 0.3) is 5.91 Å². The molecule has 0 radical (unpaired) electrons. The summed E-state index contributed by atoms with van der Waals surface area (Å²) in [5.41, 5.74) is 3.00. The predicted octanol–water partition coefficient (Wildman–Crippen LogP) is 3.87. The van der Waals surface area contributed by atoms with Crippen LogP contribution in [0.4, 0.5) is 13.2 Å². The van der Waals surface area contributed by atoms with Gasteiger partial charge in [-0.1, -0.05) is 0 Å². The summed E-state index contributed by atoms with van der Waals surface area (Å²) >= 11 is 0. The Labute approximate surface area is 141 Å². The van der Waals surface area contributed by atoms with Gasteiger partial charge in [-0.3, -0.25) is 4.79 Å². The van der Waals surface area contributed by atoms with Crippen LogP contribution in [0.1, 0.15) is 28.0 Å². The van der Waals surface area contributed by atoms with Crippen LogP contribution < -0.4 is 5.32 Å². The molecule has 1 aromatic heterocycles. The fraction of sp³-hybridized carbons (Fsp3) is 0.211. The van der Waals surface area contributed by atoms with E-state index >= 15 is 0 Å². The van der Waals surface area contributed by atoms with Crippen molar-refractivity contribution in [3.8, 4) is 0 Å². The zero-order valence-corrected chi connectivity index (χ0v) is 13.2. The van der Waals surface area contributed by atoms with Crippen molar-refractivity contribution in [1.29, 1.82) is 0 Å². The molecule has 2 N–H and O–H groups in total. The highest BCUT2D eigenvalue weighted by molar-refractivity contribution is 5.94. The van der Waals surface area contributed by atoms with Gasteiger partial charge in [-0.05, 0) is 61.2 Å². The molecule has 128 valence electrons. The van der Waals surface area contributed by atoms with Crippen LogP contribution >= 0.6 is 0 Å². The minimum Gasteiger partial charge on any atom is -0.358 e. The molecule has 1 unspecified atom stereocenters. The highest BCUT2D eigenvalue weighted by atomic mass is 19.2. The number of rotatable bonds is 2. The Balaban J connectivity index is 1.56. The van der Waals surface area contributed by atoms with E-state index < -0.39 is 17.5 Å². The molecule has 1 atom stereocenters. The van der Waals surface area contributed by atoms with Gasteiger partial charge in [-0.25, -0.2) is 13.2 Å². The first-order chi connectivity index (χ1) is 12.0. The number of nitrogens with one attached hydrogen (secondary N) is 2. The number of aromatic amines is 1. The molecule has 0 fully saturated rings. The fourth-order valence-corrected chi connectivity index (χ4v) is 3.42. The number of aromatic nitrogens is 1. The van der Waals surface area contributed by atoms with E-state index in [2.05, 4.69) is 10.3 Å². The van der Waals surface area contributed by atoms with Crippen molar-refractivity contribution in [2.75, 3.05) is 0 Å². The molecule has 1 aliphatic carbocycles. The lowest BCUT2D eigenvalue weighted by molar-refractivity contribution is 0.0933. The minimum absolute atomic E-state index is 0.0784. The Morgan fingerprint density at radius 1 is 1.08 bits per heavy atom. The average Bonchev–Trinajstić information content (AvgIpc) is 2.94. The lowest BCUT2D eigenvalue weighted by Gasteiger charge is -2.23. The monoisotopic (exact) mass is 344 g/mol. The van der Waals surface area contributed by atoms with Crippen molar-refractivity contribution in [2.24, 2.45) is 0 Å². The molecule has 0 aliphatic heterocycles. The van der Waals surface area contributed by atoms with Gasteiger partial charge >= 0.3 is 0 Å². The summed E-state index contributed by atoms with van der Waals surface area (Å²) in [6.07, 6.45) is 2.01. The van der Waals surface area contributed by atoms with E-state index in [1.807, 2.05) is 0 Å². The van der Waals surface area contributed by atoms with Gasteiger partial charge in [0.15, 0.2) is 11.6 Å². The summed E-state index contributed by atoms with van der Waals surface area (Å²) < 4.78 is 39.8. The zero-order valence-electron chi connectivity index (χ0n) is 13.2. The number of carbonyl (C=O) groups excluding carboxylic acids is 1. The summed E-state index contributed by atoms with van der Waals surface area (Å²) in [6, 6.07) is 7.54. The summed E-state index contributed by atoms with van der Waals surface area (Å²) in [4.78, 5) is 15.6. The van der Waals surface area contributed by atoms with Gasteiger partial charge in [-0.15, -0.1) is 0 Å². The number of aryl methyl sites for hydroxylation is 1. The van der Waals surface area contributed by atoms with Crippen LogP contribution in [0.2, 0.25) is 0 Å². The predicted molar refractivity (Wildman–Crippen MR) is 87.9 cm³/mol. The van der Waals surface area contributed by atoms with Crippen molar-refractivity contribution in [1.82, 2.24) is 10.3 Å². The van der Waals surface area contributed by atoms with Crippen LogP contribution in [0.25, 0.3) is 10.9 Å². The van der Waals surface area contributed by atoms with E-state index in [0.29, 0.717) is 6.42 Å². The number of carbonyl (C=O) groups is 1. The number of hydrogen-bond acceptors (Lipinski definition) is 1. The van der Waals surface area contributed by atoms with Gasteiger partial charge in [0.2, 0.25) is 0 Å². The number of fused-ring (bicyclic) bond motifs is 3. The molecular formula is C19H15F3N2O. The maximum Gasteiger partial charge on any atom is 0.251 e. The van der Waals surface area contributed by atoms with E-state index in [4.69, 9.17) is 0 Å². The molecule has 0 saturated heterocycles. The highest BCUT2D eigenvalue weighted by Gasteiger charge is 2.24. The second kappa shape index (κ2) is 5.95. The SMILES string of the molecule is O=C(NC1CCc2[nH]c3ccc(F)cc3c2C1)c1ccc(F)c(F)c1. The first-order valence-corrected chi connectivity index (χ1v) is 8.06. The van der Waals surface area contributed by atoms with Crippen LogP contribution in [-0.4, -0.2) is 16.9 Å². The third-order valence-corrected chi connectivity index (χ3v) is 4.67. The Kier molecular flexibility index (Phi) is 3.75. The summed E-state index contributed by atoms with van der Waals surface area (Å²) in [5.74, 6) is -2.79. The van der Waals surface area contributed by atoms with Crippen molar-refractivity contribution >= 4 is 16.8 Å². The number of halogens is 3.